The smallest absolute Gasteiger partial charge is 0.188 e. The number of rotatable bonds is 4. The molecule has 0 bridgehead atoms. The molecule has 1 aliphatic heterocycles. The molecule has 1 aliphatic carbocycles. The van der Waals surface area contributed by atoms with Gasteiger partial charge in [0.15, 0.2) is 23.0 Å². The van der Waals surface area contributed by atoms with E-state index in [0.29, 0.717) is 41.6 Å². The van der Waals surface area contributed by atoms with Gasteiger partial charge in [-0.05, 0) is 42.0 Å². The predicted octanol–water partition coefficient (Wildman–Crippen LogP) is 3.50. The van der Waals surface area contributed by atoms with Crippen molar-refractivity contribution in [3.63, 3.8) is 0 Å². The van der Waals surface area contributed by atoms with Crippen LogP contribution in [0.25, 0.3) is 22.4 Å². The van der Waals surface area contributed by atoms with E-state index in [9.17, 15) is 18.3 Å². The summed E-state index contributed by atoms with van der Waals surface area (Å²) < 4.78 is 42.4. The van der Waals surface area contributed by atoms with Gasteiger partial charge < -0.3 is 15.7 Å². The third kappa shape index (κ3) is 2.84. The summed E-state index contributed by atoms with van der Waals surface area (Å²) in [5.74, 6) is -2.31. The highest BCUT2D eigenvalue weighted by Gasteiger charge is 2.66. The fraction of sp³-hybridized carbons (Fsp3) is 0.292. The molecule has 3 atom stereocenters. The highest BCUT2D eigenvalue weighted by atomic mass is 19.1. The van der Waals surface area contributed by atoms with Crippen LogP contribution < -0.4 is 10.6 Å². The zero-order valence-corrected chi connectivity index (χ0v) is 18.0. The number of piperidine rings is 1. The van der Waals surface area contributed by atoms with E-state index in [4.69, 9.17) is 5.73 Å². The minimum Gasteiger partial charge on any atom is -0.503 e. The molecule has 0 radical (unpaired) electrons. The molecule has 2 aromatic heterocycles. The molecule has 10 heteroatoms. The summed E-state index contributed by atoms with van der Waals surface area (Å²) in [6, 6.07) is 9.00. The average molecular weight is 466 g/mol. The molecule has 1 saturated carbocycles. The zero-order chi connectivity index (χ0) is 23.6. The maximum atomic E-state index is 14.6. The zero-order valence-electron chi connectivity index (χ0n) is 18.0. The third-order valence-electron chi connectivity index (χ3n) is 7.44. The summed E-state index contributed by atoms with van der Waals surface area (Å²) in [5, 5.41) is 16.4. The van der Waals surface area contributed by atoms with Gasteiger partial charge in [0.05, 0.1) is 6.20 Å². The van der Waals surface area contributed by atoms with Crippen molar-refractivity contribution in [3.8, 4) is 17.0 Å². The maximum absolute atomic E-state index is 14.6. The lowest BCUT2D eigenvalue weighted by Crippen LogP contribution is -2.32. The molecule has 0 amide bonds. The van der Waals surface area contributed by atoms with E-state index in [1.807, 2.05) is 12.1 Å². The first-order valence-corrected chi connectivity index (χ1v) is 11.0. The molecule has 1 saturated heterocycles. The van der Waals surface area contributed by atoms with Crippen LogP contribution in [0.5, 0.6) is 5.75 Å². The van der Waals surface area contributed by atoms with Gasteiger partial charge in [-0.2, -0.15) is 5.10 Å². The van der Waals surface area contributed by atoms with E-state index in [2.05, 4.69) is 25.1 Å². The number of nitrogens with one attached hydrogen (secondary N) is 1. The molecule has 34 heavy (non-hydrogen) atoms. The predicted molar refractivity (Wildman–Crippen MR) is 120 cm³/mol. The second kappa shape index (κ2) is 7.42. The fourth-order valence-electron chi connectivity index (χ4n) is 5.69. The van der Waals surface area contributed by atoms with Crippen LogP contribution in [0, 0.1) is 29.3 Å². The molecular formula is C24H21F3N6O. The number of aromatic amines is 1. The molecule has 6 rings (SSSR count). The second-order valence-corrected chi connectivity index (χ2v) is 8.93. The Morgan fingerprint density at radius 1 is 1.12 bits per heavy atom. The molecule has 2 fully saturated rings. The molecule has 174 valence electrons. The van der Waals surface area contributed by atoms with Gasteiger partial charge in [0.1, 0.15) is 22.8 Å². The van der Waals surface area contributed by atoms with Gasteiger partial charge in [-0.3, -0.25) is 5.10 Å². The lowest BCUT2D eigenvalue weighted by atomic mass is 9.91. The number of hydrogen-bond acceptors (Lipinski definition) is 6. The normalized spacial score (nSPS) is 23.8. The average Bonchev–Trinajstić information content (AvgIpc) is 3.32. The van der Waals surface area contributed by atoms with Crippen molar-refractivity contribution in [2.75, 3.05) is 24.5 Å². The van der Waals surface area contributed by atoms with Gasteiger partial charge in [-0.1, -0.05) is 18.2 Å². The van der Waals surface area contributed by atoms with Crippen LogP contribution in [0.15, 0.2) is 42.6 Å². The summed E-state index contributed by atoms with van der Waals surface area (Å²) in [6.07, 6.45) is 2.43. The van der Waals surface area contributed by atoms with Crippen molar-refractivity contribution < 1.29 is 18.3 Å². The Labute approximate surface area is 192 Å². The van der Waals surface area contributed by atoms with Crippen LogP contribution in [0.2, 0.25) is 0 Å². The van der Waals surface area contributed by atoms with Crippen LogP contribution in [0.3, 0.4) is 0 Å². The Kier molecular flexibility index (Phi) is 4.57. The van der Waals surface area contributed by atoms with Crippen molar-refractivity contribution in [1.29, 1.82) is 0 Å². The highest BCUT2D eigenvalue weighted by molar-refractivity contribution is 5.88. The first-order chi connectivity index (χ1) is 16.5. The van der Waals surface area contributed by atoms with Gasteiger partial charge in [-0.25, -0.2) is 23.1 Å². The number of aromatic hydroxyl groups is 1. The number of aromatic nitrogens is 4. The van der Waals surface area contributed by atoms with E-state index in [1.54, 1.807) is 12.3 Å². The van der Waals surface area contributed by atoms with Gasteiger partial charge in [-0.15, -0.1) is 0 Å². The monoisotopic (exact) mass is 466 g/mol. The summed E-state index contributed by atoms with van der Waals surface area (Å²) in [7, 11) is 0. The molecule has 0 unspecified atom stereocenters. The number of benzene rings is 2. The van der Waals surface area contributed by atoms with Crippen LogP contribution >= 0.6 is 0 Å². The van der Waals surface area contributed by atoms with Crippen molar-refractivity contribution in [1.82, 2.24) is 20.2 Å². The Morgan fingerprint density at radius 3 is 2.74 bits per heavy atom. The first kappa shape index (κ1) is 20.9. The lowest BCUT2D eigenvalue weighted by Gasteiger charge is -2.26. The standard InChI is InChI=1S/C24H21F3N6O/c25-16-4-2-1-3-14(16)24(11-28)13-7-8-33(10-15(13)24)18-9-29-21-20(31-32-23(21)30-18)12-5-6-17(26)22(34)19(12)27/h1-6,9,13,15,34H,7-8,10-11,28H2,(H,30,31,32)/t13-,15+,24-/m1/s1. The second-order valence-electron chi connectivity index (χ2n) is 8.93. The van der Waals surface area contributed by atoms with E-state index >= 15 is 0 Å². The topological polar surface area (TPSA) is 104 Å². The van der Waals surface area contributed by atoms with Gasteiger partial charge in [0.2, 0.25) is 0 Å². The number of hydrogen-bond donors (Lipinski definition) is 3. The van der Waals surface area contributed by atoms with Crippen molar-refractivity contribution in [2.45, 2.75) is 11.8 Å². The fourth-order valence-corrected chi connectivity index (χ4v) is 5.69. The molecule has 3 heterocycles. The Hall–Kier alpha value is -3.66. The highest BCUT2D eigenvalue weighted by Crippen LogP contribution is 2.63. The number of nitrogens with zero attached hydrogens (tertiary/aromatic N) is 4. The number of nitrogens with two attached hydrogens (primary N) is 1. The Balaban J connectivity index is 1.30. The number of anilines is 1. The summed E-state index contributed by atoms with van der Waals surface area (Å²) >= 11 is 0. The number of H-pyrrole nitrogens is 1. The minimum atomic E-state index is -1.11. The molecule has 2 aliphatic rings. The van der Waals surface area contributed by atoms with E-state index < -0.39 is 17.4 Å². The van der Waals surface area contributed by atoms with Crippen LogP contribution in [-0.2, 0) is 5.41 Å². The Morgan fingerprint density at radius 2 is 1.94 bits per heavy atom. The number of fused-ring (bicyclic) bond motifs is 2. The number of halogens is 3. The quantitative estimate of drug-likeness (QED) is 0.425. The molecule has 2 aromatic carbocycles. The van der Waals surface area contributed by atoms with Crippen LogP contribution in [-0.4, -0.2) is 44.9 Å². The van der Waals surface area contributed by atoms with E-state index in [-0.39, 0.29) is 28.4 Å². The minimum absolute atomic E-state index is 0.0800. The largest absolute Gasteiger partial charge is 0.503 e. The van der Waals surface area contributed by atoms with E-state index in [1.165, 1.54) is 12.1 Å². The van der Waals surface area contributed by atoms with Gasteiger partial charge in [0.25, 0.3) is 0 Å². The molecule has 7 nitrogen and oxygen atoms in total. The van der Waals surface area contributed by atoms with Crippen molar-refractivity contribution in [2.24, 2.45) is 17.6 Å². The third-order valence-corrected chi connectivity index (χ3v) is 7.44. The number of phenolic OH excluding ortho intramolecular Hbond substituents is 1. The number of phenols is 1. The lowest BCUT2D eigenvalue weighted by molar-refractivity contribution is 0.397. The summed E-state index contributed by atoms with van der Waals surface area (Å²) in [4.78, 5) is 11.1. The molecular weight excluding hydrogens is 445 g/mol. The van der Waals surface area contributed by atoms with Crippen LogP contribution in [0.4, 0.5) is 19.0 Å². The summed E-state index contributed by atoms with van der Waals surface area (Å²) in [5.41, 5.74) is 7.18. The molecule has 4 N–H and O–H groups in total. The SMILES string of the molecule is NC[C@]1(c2ccccc2F)[C@@H]2CCN(c3cnc4c(-c5ccc(F)c(O)c5F)n[nH]c4n3)C[C@@H]21. The summed E-state index contributed by atoms with van der Waals surface area (Å²) in [6.45, 7) is 1.76. The van der Waals surface area contributed by atoms with Crippen molar-refractivity contribution in [3.05, 3.63) is 65.6 Å². The Bertz CT molecular complexity index is 1430. The van der Waals surface area contributed by atoms with Gasteiger partial charge in [0, 0.05) is 30.6 Å². The maximum Gasteiger partial charge on any atom is 0.188 e. The van der Waals surface area contributed by atoms with E-state index in [0.717, 1.165) is 19.0 Å². The van der Waals surface area contributed by atoms with Crippen molar-refractivity contribution >= 4 is 17.0 Å². The van der Waals surface area contributed by atoms with Gasteiger partial charge >= 0.3 is 0 Å². The molecule has 0 spiro atoms. The van der Waals surface area contributed by atoms with Crippen LogP contribution in [0.1, 0.15) is 12.0 Å². The molecule has 4 aromatic rings. The first-order valence-electron chi connectivity index (χ1n) is 11.0.